The summed E-state index contributed by atoms with van der Waals surface area (Å²) in [6.45, 7) is 5.69. The van der Waals surface area contributed by atoms with Crippen molar-refractivity contribution in [3.05, 3.63) is 75.3 Å². The fourth-order valence-corrected chi connectivity index (χ4v) is 4.68. The Morgan fingerprint density at radius 1 is 1.20 bits per heavy atom. The summed E-state index contributed by atoms with van der Waals surface area (Å²) < 4.78 is 12.9. The molecule has 35 heavy (non-hydrogen) atoms. The number of fused-ring (bicyclic) bond motifs is 3. The molecule has 1 aliphatic heterocycles. The Hall–Kier alpha value is -3.36. The normalized spacial score (nSPS) is 14.5. The number of ether oxygens (including phenoxy) is 2. The lowest BCUT2D eigenvalue weighted by atomic mass is 9.97. The molecule has 9 heteroatoms. The summed E-state index contributed by atoms with van der Waals surface area (Å²) in [6, 6.07) is 8.96. The first kappa shape index (κ1) is 24.8. The van der Waals surface area contributed by atoms with Gasteiger partial charge in [0.15, 0.2) is 5.43 Å². The Labute approximate surface area is 208 Å². The van der Waals surface area contributed by atoms with E-state index in [1.807, 2.05) is 22.8 Å². The molecule has 0 radical (unpaired) electrons. The van der Waals surface area contributed by atoms with Crippen molar-refractivity contribution in [2.45, 2.75) is 33.0 Å². The van der Waals surface area contributed by atoms with Crippen molar-refractivity contribution in [2.75, 3.05) is 25.2 Å². The molecular formula is C26H28ClN3O5. The summed E-state index contributed by atoms with van der Waals surface area (Å²) in [4.78, 5) is 30.7. The monoisotopic (exact) mass is 497 g/mol. The van der Waals surface area contributed by atoms with E-state index in [2.05, 4.69) is 23.7 Å². The molecule has 0 saturated carbocycles. The topological polar surface area (TPSA) is 93.9 Å². The molecule has 1 unspecified atom stereocenters. The molecule has 184 valence electrons. The Morgan fingerprint density at radius 2 is 1.94 bits per heavy atom. The second-order valence-electron chi connectivity index (χ2n) is 8.78. The smallest absolute Gasteiger partial charge is 0.341 e. The average Bonchev–Trinajstić information content (AvgIpc) is 2.82. The van der Waals surface area contributed by atoms with Crippen molar-refractivity contribution in [2.24, 2.45) is 5.92 Å². The average molecular weight is 498 g/mol. The summed E-state index contributed by atoms with van der Waals surface area (Å²) in [5, 5.41) is 10.0. The third-order valence-electron chi connectivity index (χ3n) is 6.00. The van der Waals surface area contributed by atoms with Gasteiger partial charge >= 0.3 is 5.97 Å². The SMILES string of the molecule is COCCCOc1cc2c(cc1Cl)-c1cc(=O)c(C(=O)O)cn1C(C(C)C)N2Cc1ccncc1. The molecule has 1 aliphatic rings. The van der Waals surface area contributed by atoms with Crippen LogP contribution in [-0.4, -0.2) is 41.0 Å². The summed E-state index contributed by atoms with van der Waals surface area (Å²) in [6.07, 6.45) is 5.38. The first-order chi connectivity index (χ1) is 16.8. The maximum Gasteiger partial charge on any atom is 0.341 e. The molecule has 1 atom stereocenters. The van der Waals surface area contributed by atoms with Crippen LogP contribution in [0, 0.1) is 5.92 Å². The number of pyridine rings is 2. The van der Waals surface area contributed by atoms with E-state index >= 15 is 0 Å². The zero-order chi connectivity index (χ0) is 25.1. The number of nitrogens with zero attached hydrogens (tertiary/aromatic N) is 3. The van der Waals surface area contributed by atoms with Crippen molar-refractivity contribution in [3.8, 4) is 17.0 Å². The van der Waals surface area contributed by atoms with Gasteiger partial charge in [-0.1, -0.05) is 25.4 Å². The summed E-state index contributed by atoms with van der Waals surface area (Å²) in [5.74, 6) is -0.631. The van der Waals surface area contributed by atoms with Gasteiger partial charge in [-0.15, -0.1) is 0 Å². The van der Waals surface area contributed by atoms with Crippen molar-refractivity contribution in [3.63, 3.8) is 0 Å². The van der Waals surface area contributed by atoms with Crippen LogP contribution in [-0.2, 0) is 11.3 Å². The number of aromatic nitrogens is 2. The van der Waals surface area contributed by atoms with Gasteiger partial charge in [-0.2, -0.15) is 0 Å². The lowest BCUT2D eigenvalue weighted by Crippen LogP contribution is -2.40. The van der Waals surface area contributed by atoms with Crippen LogP contribution in [0.3, 0.4) is 0 Å². The molecule has 0 bridgehead atoms. The van der Waals surface area contributed by atoms with Gasteiger partial charge in [-0.25, -0.2) is 4.79 Å². The molecule has 3 aromatic rings. The number of hydrogen-bond donors (Lipinski definition) is 1. The van der Waals surface area contributed by atoms with Crippen LogP contribution in [0.15, 0.2) is 53.7 Å². The fraction of sp³-hybridized carbons (Fsp3) is 0.346. The molecule has 0 amide bonds. The third-order valence-corrected chi connectivity index (χ3v) is 6.29. The zero-order valence-corrected chi connectivity index (χ0v) is 20.7. The minimum Gasteiger partial charge on any atom is -0.492 e. The lowest BCUT2D eigenvalue weighted by molar-refractivity contribution is 0.0694. The number of carbonyl (C=O) groups is 1. The van der Waals surface area contributed by atoms with Crippen molar-refractivity contribution >= 4 is 23.3 Å². The molecule has 0 fully saturated rings. The first-order valence-corrected chi connectivity index (χ1v) is 11.8. The molecule has 1 aromatic carbocycles. The Kier molecular flexibility index (Phi) is 7.42. The van der Waals surface area contributed by atoms with Crippen molar-refractivity contribution < 1.29 is 19.4 Å². The van der Waals surface area contributed by atoms with E-state index in [0.29, 0.717) is 36.2 Å². The highest BCUT2D eigenvalue weighted by Crippen LogP contribution is 2.47. The summed E-state index contributed by atoms with van der Waals surface area (Å²) in [7, 11) is 1.64. The molecule has 2 aromatic heterocycles. The fourth-order valence-electron chi connectivity index (χ4n) is 4.46. The van der Waals surface area contributed by atoms with Crippen LogP contribution in [0.5, 0.6) is 5.75 Å². The van der Waals surface area contributed by atoms with E-state index in [0.717, 1.165) is 23.2 Å². The Balaban J connectivity index is 1.90. The summed E-state index contributed by atoms with van der Waals surface area (Å²) in [5.41, 5.74) is 2.43. The van der Waals surface area contributed by atoms with Crippen LogP contribution < -0.4 is 15.1 Å². The maximum atomic E-state index is 12.7. The third kappa shape index (κ3) is 5.04. The Morgan fingerprint density at radius 3 is 2.60 bits per heavy atom. The van der Waals surface area contributed by atoms with Crippen LogP contribution >= 0.6 is 11.6 Å². The number of carboxylic acids is 1. The first-order valence-electron chi connectivity index (χ1n) is 11.4. The largest absolute Gasteiger partial charge is 0.492 e. The summed E-state index contributed by atoms with van der Waals surface area (Å²) >= 11 is 6.60. The molecular weight excluding hydrogens is 470 g/mol. The molecule has 0 saturated heterocycles. The van der Waals surface area contributed by atoms with E-state index in [4.69, 9.17) is 21.1 Å². The van der Waals surface area contributed by atoms with Crippen LogP contribution in [0.25, 0.3) is 11.3 Å². The standard InChI is InChI=1S/C26H28ClN3O5/c1-16(2)25-29(14-17-5-7-28-8-6-17)22-13-24(35-10-4-9-34-3)20(27)11-18(22)21-12-23(31)19(26(32)33)15-30(21)25/h5-8,11-13,15-16,25H,4,9-10,14H2,1-3H3,(H,32,33). The van der Waals surface area contributed by atoms with Gasteiger partial charge in [0.05, 0.1) is 23.0 Å². The predicted octanol–water partition coefficient (Wildman–Crippen LogP) is 4.85. The number of methoxy groups -OCH3 is 1. The molecule has 0 aliphatic carbocycles. The van der Waals surface area contributed by atoms with Gasteiger partial charge in [0, 0.05) is 63.0 Å². The van der Waals surface area contributed by atoms with Gasteiger partial charge in [-0.3, -0.25) is 9.78 Å². The molecule has 1 N–H and O–H groups in total. The second kappa shape index (κ2) is 10.5. The number of halogens is 1. The van der Waals surface area contributed by atoms with E-state index in [1.165, 1.54) is 12.3 Å². The van der Waals surface area contributed by atoms with Crippen molar-refractivity contribution in [1.82, 2.24) is 9.55 Å². The molecule has 0 spiro atoms. The minimum atomic E-state index is -1.25. The maximum absolute atomic E-state index is 12.7. The van der Waals surface area contributed by atoms with E-state index in [-0.39, 0.29) is 17.6 Å². The van der Waals surface area contributed by atoms with Crippen molar-refractivity contribution in [1.29, 1.82) is 0 Å². The van der Waals surface area contributed by atoms with Gasteiger partial charge in [0.1, 0.15) is 17.5 Å². The van der Waals surface area contributed by atoms with Gasteiger partial charge < -0.3 is 24.0 Å². The zero-order valence-electron chi connectivity index (χ0n) is 19.9. The van der Waals surface area contributed by atoms with E-state index < -0.39 is 11.4 Å². The predicted molar refractivity (Wildman–Crippen MR) is 134 cm³/mol. The number of benzene rings is 1. The number of anilines is 1. The highest BCUT2D eigenvalue weighted by molar-refractivity contribution is 6.32. The van der Waals surface area contributed by atoms with Gasteiger partial charge in [-0.05, 0) is 29.7 Å². The van der Waals surface area contributed by atoms with Gasteiger partial charge in [0.25, 0.3) is 0 Å². The minimum absolute atomic E-state index is 0.0784. The van der Waals surface area contributed by atoms with Crippen LogP contribution in [0.2, 0.25) is 5.02 Å². The highest BCUT2D eigenvalue weighted by atomic mass is 35.5. The van der Waals surface area contributed by atoms with E-state index in [9.17, 15) is 14.7 Å². The number of carboxylic acid groups (broad SMARTS) is 1. The molecule has 3 heterocycles. The van der Waals surface area contributed by atoms with E-state index in [1.54, 1.807) is 25.6 Å². The van der Waals surface area contributed by atoms with Crippen LogP contribution in [0.1, 0.15) is 42.4 Å². The highest BCUT2D eigenvalue weighted by Gasteiger charge is 2.34. The number of rotatable bonds is 9. The molecule has 4 rings (SSSR count). The lowest BCUT2D eigenvalue weighted by Gasteiger charge is -2.44. The molecule has 8 nitrogen and oxygen atoms in total. The number of aromatic carboxylic acids is 1. The second-order valence-corrected chi connectivity index (χ2v) is 9.19. The Bertz CT molecular complexity index is 1280. The number of hydrogen-bond acceptors (Lipinski definition) is 6. The van der Waals surface area contributed by atoms with Crippen LogP contribution in [0.4, 0.5) is 5.69 Å². The van der Waals surface area contributed by atoms with Gasteiger partial charge in [0.2, 0.25) is 0 Å². The quantitative estimate of drug-likeness (QED) is 0.422.